The Kier molecular flexibility index (Phi) is 3.26. The van der Waals surface area contributed by atoms with Crippen LogP contribution in [0.15, 0.2) is 59.8 Å². The Morgan fingerprint density at radius 2 is 1.67 bits per heavy atom. The monoisotopic (exact) mass is 261 g/mol. The summed E-state index contributed by atoms with van der Waals surface area (Å²) in [6.45, 7) is 0. The molecule has 90 valence electrons. The second-order valence-corrected chi connectivity index (χ2v) is 4.93. The van der Waals surface area contributed by atoms with Gasteiger partial charge in [-0.25, -0.2) is 0 Å². The molecule has 5 nitrogen and oxygen atoms in total. The number of aromatic nitrogens is 1. The van der Waals surface area contributed by atoms with E-state index < -0.39 is 10.1 Å². The Balaban J connectivity index is 2.29. The normalized spacial score (nSPS) is 10.6. The standard InChI is InChI=1S/C12H9N2O3S/c13-10-11-4-6-12(7-5-11)18(15,16)17-14-8-2-1-3-9-14/h1-9H/q+1. The Morgan fingerprint density at radius 1 is 1.06 bits per heavy atom. The molecule has 2 aromatic rings. The number of hydrogen-bond donors (Lipinski definition) is 0. The van der Waals surface area contributed by atoms with Crippen molar-refractivity contribution in [1.82, 2.24) is 0 Å². The fourth-order valence-corrected chi connectivity index (χ4v) is 2.17. The maximum absolute atomic E-state index is 11.9. The molecule has 0 aliphatic rings. The van der Waals surface area contributed by atoms with Gasteiger partial charge in [0.25, 0.3) is 0 Å². The van der Waals surface area contributed by atoms with E-state index in [1.165, 1.54) is 36.7 Å². The average molecular weight is 261 g/mol. The maximum Gasteiger partial charge on any atom is 0.396 e. The summed E-state index contributed by atoms with van der Waals surface area (Å²) in [5, 5.41) is 8.63. The van der Waals surface area contributed by atoms with Crippen molar-refractivity contribution in [3.05, 3.63) is 60.4 Å². The Morgan fingerprint density at radius 3 is 2.22 bits per heavy atom. The number of pyridine rings is 1. The van der Waals surface area contributed by atoms with Crippen LogP contribution in [0.5, 0.6) is 0 Å². The lowest BCUT2D eigenvalue weighted by Crippen LogP contribution is -2.44. The molecule has 6 heteroatoms. The average Bonchev–Trinajstić information content (AvgIpc) is 2.39. The fourth-order valence-electron chi connectivity index (χ4n) is 1.29. The summed E-state index contributed by atoms with van der Waals surface area (Å²) in [6.07, 6.45) is 2.95. The van der Waals surface area contributed by atoms with Crippen LogP contribution < -0.4 is 9.01 Å². The highest BCUT2D eigenvalue weighted by molar-refractivity contribution is 7.86. The molecule has 1 aromatic heterocycles. The zero-order chi connectivity index (χ0) is 13.0. The first kappa shape index (κ1) is 12.1. The van der Waals surface area contributed by atoms with Gasteiger partial charge in [0.05, 0.1) is 11.6 Å². The van der Waals surface area contributed by atoms with E-state index >= 15 is 0 Å². The van der Waals surface area contributed by atoms with Crippen molar-refractivity contribution in [3.63, 3.8) is 0 Å². The summed E-state index contributed by atoms with van der Waals surface area (Å²) in [5.74, 6) is 0. The van der Waals surface area contributed by atoms with E-state index in [4.69, 9.17) is 9.55 Å². The Bertz CT molecular complexity index is 674. The van der Waals surface area contributed by atoms with Gasteiger partial charge in [0.1, 0.15) is 4.90 Å². The molecule has 18 heavy (non-hydrogen) atoms. The third-order valence-electron chi connectivity index (χ3n) is 2.14. The van der Waals surface area contributed by atoms with Crippen molar-refractivity contribution in [2.24, 2.45) is 0 Å². The quantitative estimate of drug-likeness (QED) is 0.761. The Hall–Kier alpha value is -2.39. The number of hydrogen-bond acceptors (Lipinski definition) is 4. The SMILES string of the molecule is N#Cc1ccc(S(=O)(=O)O[n+]2ccccc2)cc1. The summed E-state index contributed by atoms with van der Waals surface area (Å²) in [5.41, 5.74) is 0.390. The summed E-state index contributed by atoms with van der Waals surface area (Å²) in [4.78, 5) is -0.00199. The van der Waals surface area contributed by atoms with Gasteiger partial charge in [0.15, 0.2) is 0 Å². The van der Waals surface area contributed by atoms with Crippen LogP contribution in [0.1, 0.15) is 5.56 Å². The first-order chi connectivity index (χ1) is 8.62. The highest BCUT2D eigenvalue weighted by Gasteiger charge is 2.21. The topological polar surface area (TPSA) is 71.0 Å². The molecular weight excluding hydrogens is 252 g/mol. The predicted molar refractivity (Wildman–Crippen MR) is 61.6 cm³/mol. The van der Waals surface area contributed by atoms with E-state index in [-0.39, 0.29) is 4.90 Å². The molecule has 0 atom stereocenters. The molecule has 1 aromatic carbocycles. The summed E-state index contributed by atoms with van der Waals surface area (Å²) in [6, 6.07) is 12.5. The van der Waals surface area contributed by atoms with Crippen molar-refractivity contribution >= 4 is 10.1 Å². The zero-order valence-corrected chi connectivity index (χ0v) is 10.0. The Labute approximate surface area is 105 Å². The van der Waals surface area contributed by atoms with Crippen molar-refractivity contribution in [2.45, 2.75) is 4.90 Å². The van der Waals surface area contributed by atoms with Crippen molar-refractivity contribution < 1.29 is 17.4 Å². The van der Waals surface area contributed by atoms with Crippen LogP contribution >= 0.6 is 0 Å². The molecule has 0 amide bonds. The van der Waals surface area contributed by atoms with Gasteiger partial charge in [0.2, 0.25) is 12.4 Å². The van der Waals surface area contributed by atoms with E-state index in [9.17, 15) is 8.42 Å². The first-order valence-corrected chi connectivity index (χ1v) is 6.44. The second kappa shape index (κ2) is 4.85. The molecule has 0 aliphatic heterocycles. The van der Waals surface area contributed by atoms with E-state index in [0.717, 1.165) is 4.73 Å². The van der Waals surface area contributed by atoms with Crippen LogP contribution in [-0.2, 0) is 10.1 Å². The minimum atomic E-state index is -3.88. The van der Waals surface area contributed by atoms with E-state index in [1.807, 2.05) is 6.07 Å². The smallest absolute Gasteiger partial charge is 0.192 e. The number of rotatable bonds is 3. The van der Waals surface area contributed by atoms with Crippen LogP contribution in [0.2, 0.25) is 0 Å². The van der Waals surface area contributed by atoms with Gasteiger partial charge < -0.3 is 0 Å². The van der Waals surface area contributed by atoms with Crippen molar-refractivity contribution in [3.8, 4) is 6.07 Å². The van der Waals surface area contributed by atoms with E-state index in [2.05, 4.69) is 0 Å². The van der Waals surface area contributed by atoms with Crippen LogP contribution in [0.3, 0.4) is 0 Å². The van der Waals surface area contributed by atoms with Crippen LogP contribution in [0.25, 0.3) is 0 Å². The molecule has 2 rings (SSSR count). The molecule has 1 heterocycles. The molecule has 0 unspecified atom stereocenters. The van der Waals surface area contributed by atoms with Gasteiger partial charge >= 0.3 is 10.1 Å². The predicted octanol–water partition coefficient (Wildman–Crippen LogP) is 0.663. The van der Waals surface area contributed by atoms with Gasteiger partial charge in [-0.2, -0.15) is 13.7 Å². The number of benzene rings is 1. The largest absolute Gasteiger partial charge is 0.396 e. The van der Waals surface area contributed by atoms with Crippen LogP contribution in [0.4, 0.5) is 0 Å². The molecule has 0 aliphatic carbocycles. The van der Waals surface area contributed by atoms with Crippen molar-refractivity contribution in [2.75, 3.05) is 0 Å². The second-order valence-electron chi connectivity index (χ2n) is 3.40. The first-order valence-electron chi connectivity index (χ1n) is 5.03. The fraction of sp³-hybridized carbons (Fsp3) is 0. The van der Waals surface area contributed by atoms with E-state index in [0.29, 0.717) is 5.56 Å². The lowest BCUT2D eigenvalue weighted by Gasteiger charge is -2.00. The van der Waals surface area contributed by atoms with Crippen molar-refractivity contribution in [1.29, 1.82) is 5.26 Å². The van der Waals surface area contributed by atoms with Gasteiger partial charge in [-0.15, -0.1) is 4.28 Å². The lowest BCUT2D eigenvalue weighted by molar-refractivity contribution is -0.856. The van der Waals surface area contributed by atoms with Crippen LogP contribution in [-0.4, -0.2) is 8.42 Å². The zero-order valence-electron chi connectivity index (χ0n) is 9.22. The van der Waals surface area contributed by atoms with E-state index in [1.54, 1.807) is 18.2 Å². The third kappa shape index (κ3) is 2.64. The number of nitrogens with zero attached hydrogens (tertiary/aromatic N) is 2. The molecule has 0 N–H and O–H groups in total. The highest BCUT2D eigenvalue weighted by atomic mass is 32.2. The number of nitriles is 1. The van der Waals surface area contributed by atoms with Gasteiger partial charge in [0, 0.05) is 16.9 Å². The minimum absolute atomic E-state index is 0.00199. The van der Waals surface area contributed by atoms with Crippen LogP contribution in [0, 0.1) is 11.3 Å². The molecule has 0 bridgehead atoms. The summed E-state index contributed by atoms with van der Waals surface area (Å²) >= 11 is 0. The maximum atomic E-state index is 11.9. The summed E-state index contributed by atoms with van der Waals surface area (Å²) < 4.78 is 29.7. The summed E-state index contributed by atoms with van der Waals surface area (Å²) in [7, 11) is -3.88. The van der Waals surface area contributed by atoms with Gasteiger partial charge in [-0.3, -0.25) is 0 Å². The molecule has 0 spiro atoms. The lowest BCUT2D eigenvalue weighted by atomic mass is 10.2. The van der Waals surface area contributed by atoms with Gasteiger partial charge in [-0.1, -0.05) is 6.07 Å². The molecule has 0 fully saturated rings. The third-order valence-corrected chi connectivity index (χ3v) is 3.36. The molecular formula is C12H9N2O3S+. The minimum Gasteiger partial charge on any atom is -0.192 e. The van der Waals surface area contributed by atoms with Gasteiger partial charge in [-0.05, 0) is 24.3 Å². The molecule has 0 saturated carbocycles. The molecule has 0 saturated heterocycles. The highest BCUT2D eigenvalue weighted by Crippen LogP contribution is 2.10. The molecule has 0 radical (unpaired) electrons.